The van der Waals surface area contributed by atoms with Crippen molar-refractivity contribution in [2.24, 2.45) is 0 Å². The van der Waals surface area contributed by atoms with Crippen LogP contribution in [0.15, 0.2) is 24.3 Å². The molecule has 0 saturated carbocycles. The summed E-state index contributed by atoms with van der Waals surface area (Å²) < 4.78 is 13.2. The molecule has 25 heavy (non-hydrogen) atoms. The Balaban J connectivity index is 1.89. The Labute approximate surface area is 149 Å². The van der Waals surface area contributed by atoms with E-state index in [1.54, 1.807) is 6.07 Å². The molecular formula is C19H28FN3O2. The molecule has 1 N–H and O–H groups in total. The van der Waals surface area contributed by atoms with Gasteiger partial charge in [0.25, 0.3) is 5.91 Å². The number of likely N-dealkylation sites (tertiary alicyclic amines) is 1. The van der Waals surface area contributed by atoms with Crippen LogP contribution in [0.3, 0.4) is 0 Å². The van der Waals surface area contributed by atoms with Gasteiger partial charge in [-0.1, -0.05) is 6.07 Å². The number of benzene rings is 1. The predicted molar refractivity (Wildman–Crippen MR) is 96.0 cm³/mol. The van der Waals surface area contributed by atoms with Crippen LogP contribution in [0.1, 0.15) is 50.9 Å². The highest BCUT2D eigenvalue weighted by Gasteiger charge is 2.29. The molecule has 138 valence electrons. The van der Waals surface area contributed by atoms with Gasteiger partial charge in [-0.3, -0.25) is 4.79 Å². The average molecular weight is 349 g/mol. The van der Waals surface area contributed by atoms with E-state index in [-0.39, 0.29) is 30.1 Å². The van der Waals surface area contributed by atoms with Crippen molar-refractivity contribution in [3.05, 3.63) is 35.6 Å². The lowest BCUT2D eigenvalue weighted by Gasteiger charge is -2.39. The Morgan fingerprint density at radius 2 is 1.76 bits per heavy atom. The number of hydrogen-bond donors (Lipinski definition) is 1. The van der Waals surface area contributed by atoms with Gasteiger partial charge in [-0.15, -0.1) is 0 Å². The van der Waals surface area contributed by atoms with Crippen LogP contribution in [-0.2, 0) is 0 Å². The topological polar surface area (TPSA) is 52.7 Å². The summed E-state index contributed by atoms with van der Waals surface area (Å²) in [4.78, 5) is 28.6. The SMILES string of the molecule is CC(C)N(C(=O)N1CCC(NC(=O)c2cccc(F)c2)CC1)C(C)C. The number of carbonyl (C=O) groups is 2. The average Bonchev–Trinajstić information content (AvgIpc) is 2.54. The molecule has 1 saturated heterocycles. The van der Waals surface area contributed by atoms with Crippen molar-refractivity contribution in [3.8, 4) is 0 Å². The summed E-state index contributed by atoms with van der Waals surface area (Å²) in [5, 5.41) is 2.94. The molecule has 1 aromatic rings. The lowest BCUT2D eigenvalue weighted by atomic mass is 10.0. The Morgan fingerprint density at radius 3 is 2.28 bits per heavy atom. The molecule has 0 spiro atoms. The van der Waals surface area contributed by atoms with Gasteiger partial charge in [-0.05, 0) is 58.7 Å². The van der Waals surface area contributed by atoms with Crippen LogP contribution in [0, 0.1) is 5.82 Å². The predicted octanol–water partition coefficient (Wildman–Crippen LogP) is 3.26. The monoisotopic (exact) mass is 349 g/mol. The first-order valence-electron chi connectivity index (χ1n) is 8.93. The Hall–Kier alpha value is -2.11. The van der Waals surface area contributed by atoms with E-state index in [1.165, 1.54) is 18.2 Å². The molecule has 1 fully saturated rings. The van der Waals surface area contributed by atoms with Gasteiger partial charge in [0.2, 0.25) is 0 Å². The largest absolute Gasteiger partial charge is 0.349 e. The zero-order valence-electron chi connectivity index (χ0n) is 15.5. The fourth-order valence-electron chi connectivity index (χ4n) is 3.31. The van der Waals surface area contributed by atoms with Gasteiger partial charge in [-0.2, -0.15) is 0 Å². The second-order valence-corrected chi connectivity index (χ2v) is 7.12. The van der Waals surface area contributed by atoms with Crippen molar-refractivity contribution in [1.82, 2.24) is 15.1 Å². The van der Waals surface area contributed by atoms with Gasteiger partial charge < -0.3 is 15.1 Å². The third kappa shape index (κ3) is 4.94. The van der Waals surface area contributed by atoms with Crippen LogP contribution in [0.25, 0.3) is 0 Å². The fourth-order valence-corrected chi connectivity index (χ4v) is 3.31. The number of halogens is 1. The number of rotatable bonds is 4. The summed E-state index contributed by atoms with van der Waals surface area (Å²) >= 11 is 0. The molecule has 0 radical (unpaired) electrons. The Kier molecular flexibility index (Phi) is 6.39. The van der Waals surface area contributed by atoms with Gasteiger partial charge in [0, 0.05) is 36.8 Å². The molecule has 6 heteroatoms. The third-order valence-corrected chi connectivity index (χ3v) is 4.52. The van der Waals surface area contributed by atoms with Crippen molar-refractivity contribution in [2.45, 2.75) is 58.7 Å². The molecule has 1 aromatic carbocycles. The molecule has 1 heterocycles. The van der Waals surface area contributed by atoms with E-state index in [2.05, 4.69) is 5.32 Å². The molecule has 0 aromatic heterocycles. The fraction of sp³-hybridized carbons (Fsp3) is 0.579. The molecule has 3 amide bonds. The summed E-state index contributed by atoms with van der Waals surface area (Å²) in [6.45, 7) is 9.30. The summed E-state index contributed by atoms with van der Waals surface area (Å²) in [5.41, 5.74) is 0.323. The maximum atomic E-state index is 13.2. The van der Waals surface area contributed by atoms with E-state index >= 15 is 0 Å². The Bertz CT molecular complexity index is 602. The Morgan fingerprint density at radius 1 is 1.16 bits per heavy atom. The van der Waals surface area contributed by atoms with Crippen molar-refractivity contribution in [3.63, 3.8) is 0 Å². The highest BCUT2D eigenvalue weighted by atomic mass is 19.1. The maximum Gasteiger partial charge on any atom is 0.320 e. The second-order valence-electron chi connectivity index (χ2n) is 7.12. The van der Waals surface area contributed by atoms with Crippen LogP contribution in [0.5, 0.6) is 0 Å². The summed E-state index contributed by atoms with van der Waals surface area (Å²) in [6, 6.07) is 6.04. The molecule has 0 atom stereocenters. The van der Waals surface area contributed by atoms with Gasteiger partial charge in [0.05, 0.1) is 0 Å². The molecule has 0 bridgehead atoms. The van der Waals surface area contributed by atoms with Crippen molar-refractivity contribution >= 4 is 11.9 Å². The number of hydrogen-bond acceptors (Lipinski definition) is 2. The summed E-state index contributed by atoms with van der Waals surface area (Å²) in [5.74, 6) is -0.689. The van der Waals surface area contributed by atoms with E-state index in [9.17, 15) is 14.0 Å². The van der Waals surface area contributed by atoms with Gasteiger partial charge in [-0.25, -0.2) is 9.18 Å². The lowest BCUT2D eigenvalue weighted by molar-refractivity contribution is 0.0898. The third-order valence-electron chi connectivity index (χ3n) is 4.52. The number of nitrogens with one attached hydrogen (secondary N) is 1. The van der Waals surface area contributed by atoms with Crippen molar-refractivity contribution < 1.29 is 14.0 Å². The second kappa shape index (κ2) is 8.32. The smallest absolute Gasteiger partial charge is 0.320 e. The summed E-state index contributed by atoms with van der Waals surface area (Å²) in [6.07, 6.45) is 1.41. The van der Waals surface area contributed by atoms with E-state index in [0.29, 0.717) is 31.5 Å². The first-order valence-corrected chi connectivity index (χ1v) is 8.93. The van der Waals surface area contributed by atoms with Crippen molar-refractivity contribution in [2.75, 3.05) is 13.1 Å². The van der Waals surface area contributed by atoms with Gasteiger partial charge in [0.15, 0.2) is 0 Å². The maximum absolute atomic E-state index is 13.2. The van der Waals surface area contributed by atoms with E-state index in [4.69, 9.17) is 0 Å². The van der Waals surface area contributed by atoms with Crippen LogP contribution < -0.4 is 5.32 Å². The van der Waals surface area contributed by atoms with Crippen LogP contribution in [0.4, 0.5) is 9.18 Å². The number of urea groups is 1. The summed E-state index contributed by atoms with van der Waals surface area (Å²) in [7, 11) is 0. The molecule has 0 unspecified atom stereocenters. The lowest BCUT2D eigenvalue weighted by Crippen LogP contribution is -2.53. The van der Waals surface area contributed by atoms with Crippen LogP contribution in [0.2, 0.25) is 0 Å². The van der Waals surface area contributed by atoms with E-state index in [0.717, 1.165) is 0 Å². The van der Waals surface area contributed by atoms with Crippen molar-refractivity contribution in [1.29, 1.82) is 0 Å². The molecule has 2 rings (SSSR count). The highest BCUT2D eigenvalue weighted by molar-refractivity contribution is 5.94. The number of nitrogens with zero attached hydrogens (tertiary/aromatic N) is 2. The quantitative estimate of drug-likeness (QED) is 0.907. The first kappa shape index (κ1) is 19.2. The molecule has 1 aliphatic heterocycles. The zero-order valence-corrected chi connectivity index (χ0v) is 15.5. The van der Waals surface area contributed by atoms with E-state index in [1.807, 2.05) is 37.5 Å². The molecule has 0 aliphatic carbocycles. The minimum Gasteiger partial charge on any atom is -0.349 e. The van der Waals surface area contributed by atoms with Gasteiger partial charge in [0.1, 0.15) is 5.82 Å². The minimum atomic E-state index is -0.421. The number of amides is 3. The molecule has 1 aliphatic rings. The zero-order chi connectivity index (χ0) is 18.6. The van der Waals surface area contributed by atoms with Gasteiger partial charge >= 0.3 is 6.03 Å². The molecule has 5 nitrogen and oxygen atoms in total. The van der Waals surface area contributed by atoms with Crippen LogP contribution >= 0.6 is 0 Å². The molecular weight excluding hydrogens is 321 g/mol. The van der Waals surface area contributed by atoms with E-state index < -0.39 is 5.82 Å². The highest BCUT2D eigenvalue weighted by Crippen LogP contribution is 2.16. The van der Waals surface area contributed by atoms with Crippen LogP contribution in [-0.4, -0.2) is 53.0 Å². The first-order chi connectivity index (χ1) is 11.8. The minimum absolute atomic E-state index is 0.00590. The number of carbonyl (C=O) groups excluding carboxylic acids is 2. The number of piperidine rings is 1. The normalized spacial score (nSPS) is 15.6. The standard InChI is InChI=1S/C19H28FN3O2/c1-13(2)23(14(3)4)19(25)22-10-8-17(9-11-22)21-18(24)15-6-5-7-16(20)12-15/h5-7,12-14,17H,8-11H2,1-4H3,(H,21,24).